The summed E-state index contributed by atoms with van der Waals surface area (Å²) in [6, 6.07) is 7.94. The van der Waals surface area contributed by atoms with Crippen molar-refractivity contribution in [3.8, 4) is 0 Å². The summed E-state index contributed by atoms with van der Waals surface area (Å²) in [5.41, 5.74) is 7.41. The van der Waals surface area contributed by atoms with Gasteiger partial charge in [-0.25, -0.2) is 9.97 Å². The molecule has 0 unspecified atom stereocenters. The van der Waals surface area contributed by atoms with E-state index in [9.17, 15) is 4.79 Å². The summed E-state index contributed by atoms with van der Waals surface area (Å²) in [7, 11) is 0. The number of hydrogen-bond acceptors (Lipinski definition) is 5. The number of amides is 1. The third-order valence-corrected chi connectivity index (χ3v) is 3.18. The van der Waals surface area contributed by atoms with Crippen molar-refractivity contribution in [1.82, 2.24) is 15.3 Å². The molecule has 1 aliphatic carbocycles. The van der Waals surface area contributed by atoms with Gasteiger partial charge in [-0.1, -0.05) is 12.1 Å². The van der Waals surface area contributed by atoms with E-state index in [-0.39, 0.29) is 5.91 Å². The number of benzene rings is 1. The van der Waals surface area contributed by atoms with Gasteiger partial charge in [0.05, 0.1) is 11.0 Å². The Morgan fingerprint density at radius 3 is 2.65 bits per heavy atom. The van der Waals surface area contributed by atoms with Crippen molar-refractivity contribution in [3.63, 3.8) is 0 Å². The lowest BCUT2D eigenvalue weighted by atomic mass is 10.3. The van der Waals surface area contributed by atoms with Crippen LogP contribution < -0.4 is 16.4 Å². The third kappa shape index (κ3) is 2.96. The Morgan fingerprint density at radius 2 is 1.95 bits per heavy atom. The van der Waals surface area contributed by atoms with E-state index in [2.05, 4.69) is 20.6 Å². The second kappa shape index (κ2) is 5.32. The lowest BCUT2D eigenvalue weighted by Gasteiger charge is -2.09. The number of nitrogens with one attached hydrogen (secondary N) is 2. The molecule has 6 nitrogen and oxygen atoms in total. The molecule has 1 amide bonds. The highest BCUT2D eigenvalue weighted by atomic mass is 16.1. The van der Waals surface area contributed by atoms with E-state index in [1.54, 1.807) is 0 Å². The van der Waals surface area contributed by atoms with Crippen LogP contribution >= 0.6 is 0 Å². The van der Waals surface area contributed by atoms with Crippen molar-refractivity contribution >= 4 is 28.6 Å². The van der Waals surface area contributed by atoms with E-state index in [0.29, 0.717) is 30.6 Å². The van der Waals surface area contributed by atoms with Crippen LogP contribution in [0.2, 0.25) is 0 Å². The van der Waals surface area contributed by atoms with Crippen LogP contribution in [0.5, 0.6) is 0 Å². The summed E-state index contributed by atoms with van der Waals surface area (Å²) in [5, 5.41) is 6.01. The monoisotopic (exact) mass is 271 g/mol. The first kappa shape index (κ1) is 12.7. The van der Waals surface area contributed by atoms with Gasteiger partial charge in [-0.2, -0.15) is 0 Å². The fraction of sp³-hybridized carbons (Fsp3) is 0.357. The predicted octanol–water partition coefficient (Wildman–Crippen LogP) is 1.29. The molecule has 6 heteroatoms. The molecule has 1 aliphatic rings. The normalized spacial score (nSPS) is 14.2. The van der Waals surface area contributed by atoms with Crippen molar-refractivity contribution in [2.75, 3.05) is 17.6 Å². The van der Waals surface area contributed by atoms with Gasteiger partial charge in [-0.3, -0.25) is 4.79 Å². The number of para-hydroxylation sites is 2. The molecule has 1 heterocycles. The van der Waals surface area contributed by atoms with Crippen LogP contribution in [0.3, 0.4) is 0 Å². The Balaban J connectivity index is 1.61. The maximum atomic E-state index is 11.6. The number of nitrogen functional groups attached to an aromatic ring is 1. The lowest BCUT2D eigenvalue weighted by molar-refractivity contribution is -0.120. The zero-order valence-corrected chi connectivity index (χ0v) is 11.1. The molecule has 0 saturated heterocycles. The summed E-state index contributed by atoms with van der Waals surface area (Å²) in [6.07, 6.45) is 2.61. The van der Waals surface area contributed by atoms with Crippen LogP contribution in [-0.2, 0) is 4.79 Å². The van der Waals surface area contributed by atoms with E-state index >= 15 is 0 Å². The summed E-state index contributed by atoms with van der Waals surface area (Å²) in [5.74, 6) is 0.946. The van der Waals surface area contributed by atoms with Gasteiger partial charge in [0, 0.05) is 19.0 Å². The van der Waals surface area contributed by atoms with Crippen LogP contribution in [0.4, 0.5) is 11.6 Å². The standard InChI is InChI=1S/C14H17N5O/c15-13-14(16-8-7-12(20)17-9-5-6-9)19-11-4-2-1-3-10(11)18-13/h1-4,9H,5-8H2,(H2,15,18)(H,16,19)(H,17,20). The highest BCUT2D eigenvalue weighted by Gasteiger charge is 2.22. The number of anilines is 2. The molecule has 104 valence electrons. The predicted molar refractivity (Wildman–Crippen MR) is 78.2 cm³/mol. The van der Waals surface area contributed by atoms with E-state index in [1.165, 1.54) is 0 Å². The van der Waals surface area contributed by atoms with E-state index in [1.807, 2.05) is 24.3 Å². The SMILES string of the molecule is Nc1nc2ccccc2nc1NCCC(=O)NC1CC1. The largest absolute Gasteiger partial charge is 0.381 e. The Labute approximate surface area is 116 Å². The second-order valence-electron chi connectivity index (χ2n) is 4.96. The fourth-order valence-corrected chi connectivity index (χ4v) is 1.97. The van der Waals surface area contributed by atoms with Crippen LogP contribution in [-0.4, -0.2) is 28.5 Å². The maximum Gasteiger partial charge on any atom is 0.221 e. The molecular formula is C14H17N5O. The summed E-state index contributed by atoms with van der Waals surface area (Å²) >= 11 is 0. The minimum atomic E-state index is 0.0623. The van der Waals surface area contributed by atoms with E-state index < -0.39 is 0 Å². The van der Waals surface area contributed by atoms with Gasteiger partial charge in [0.1, 0.15) is 0 Å². The van der Waals surface area contributed by atoms with Crippen molar-refractivity contribution in [2.45, 2.75) is 25.3 Å². The number of rotatable bonds is 5. The second-order valence-corrected chi connectivity index (χ2v) is 4.96. The summed E-state index contributed by atoms with van der Waals surface area (Å²) < 4.78 is 0. The van der Waals surface area contributed by atoms with Crippen molar-refractivity contribution in [1.29, 1.82) is 0 Å². The Kier molecular flexibility index (Phi) is 3.37. The molecule has 1 fully saturated rings. The van der Waals surface area contributed by atoms with Gasteiger partial charge in [0.15, 0.2) is 11.6 Å². The van der Waals surface area contributed by atoms with Gasteiger partial charge < -0.3 is 16.4 Å². The summed E-state index contributed by atoms with van der Waals surface area (Å²) in [4.78, 5) is 20.3. The zero-order valence-electron chi connectivity index (χ0n) is 11.1. The molecule has 0 atom stereocenters. The van der Waals surface area contributed by atoms with Crippen LogP contribution in [0.1, 0.15) is 19.3 Å². The number of aromatic nitrogens is 2. The van der Waals surface area contributed by atoms with E-state index in [4.69, 9.17) is 5.73 Å². The highest BCUT2D eigenvalue weighted by Crippen LogP contribution is 2.19. The highest BCUT2D eigenvalue weighted by molar-refractivity contribution is 5.80. The Hall–Kier alpha value is -2.37. The zero-order chi connectivity index (χ0) is 13.9. The van der Waals surface area contributed by atoms with Crippen molar-refractivity contribution in [3.05, 3.63) is 24.3 Å². The lowest BCUT2D eigenvalue weighted by Crippen LogP contribution is -2.27. The minimum absolute atomic E-state index is 0.0623. The molecule has 20 heavy (non-hydrogen) atoms. The van der Waals surface area contributed by atoms with Crippen LogP contribution in [0.25, 0.3) is 11.0 Å². The number of fused-ring (bicyclic) bond motifs is 1. The molecule has 0 aliphatic heterocycles. The van der Waals surface area contributed by atoms with Crippen LogP contribution in [0.15, 0.2) is 24.3 Å². The van der Waals surface area contributed by atoms with E-state index in [0.717, 1.165) is 23.9 Å². The first-order chi connectivity index (χ1) is 9.72. The quantitative estimate of drug-likeness (QED) is 0.762. The summed E-state index contributed by atoms with van der Waals surface area (Å²) in [6.45, 7) is 0.496. The molecule has 1 aromatic carbocycles. The number of hydrogen-bond donors (Lipinski definition) is 3. The molecule has 3 rings (SSSR count). The topological polar surface area (TPSA) is 92.9 Å². The van der Waals surface area contributed by atoms with Crippen molar-refractivity contribution < 1.29 is 4.79 Å². The molecule has 4 N–H and O–H groups in total. The Bertz CT molecular complexity index is 638. The molecule has 1 aromatic heterocycles. The minimum Gasteiger partial charge on any atom is -0.381 e. The number of nitrogens with two attached hydrogens (primary N) is 1. The van der Waals surface area contributed by atoms with Crippen molar-refractivity contribution in [2.24, 2.45) is 0 Å². The molecule has 2 aromatic rings. The number of carbonyl (C=O) groups excluding carboxylic acids is 1. The number of carbonyl (C=O) groups is 1. The fourth-order valence-electron chi connectivity index (χ4n) is 1.97. The van der Waals surface area contributed by atoms with Gasteiger partial charge in [0.25, 0.3) is 0 Å². The maximum absolute atomic E-state index is 11.6. The molecule has 0 radical (unpaired) electrons. The first-order valence-corrected chi connectivity index (χ1v) is 6.78. The smallest absolute Gasteiger partial charge is 0.221 e. The molecule has 1 saturated carbocycles. The van der Waals surface area contributed by atoms with Gasteiger partial charge in [-0.15, -0.1) is 0 Å². The van der Waals surface area contributed by atoms with Gasteiger partial charge in [0.2, 0.25) is 5.91 Å². The first-order valence-electron chi connectivity index (χ1n) is 6.78. The third-order valence-electron chi connectivity index (χ3n) is 3.18. The van der Waals surface area contributed by atoms with Gasteiger partial charge >= 0.3 is 0 Å². The Morgan fingerprint density at radius 1 is 1.25 bits per heavy atom. The molecular weight excluding hydrogens is 254 g/mol. The number of nitrogens with zero attached hydrogens (tertiary/aromatic N) is 2. The molecule has 0 bridgehead atoms. The van der Waals surface area contributed by atoms with Crippen LogP contribution in [0, 0.1) is 0 Å². The average molecular weight is 271 g/mol. The molecule has 0 spiro atoms. The average Bonchev–Trinajstić information content (AvgIpc) is 3.23. The van der Waals surface area contributed by atoms with Gasteiger partial charge in [-0.05, 0) is 25.0 Å².